The monoisotopic (exact) mass is 126 g/mol. The predicted octanol–water partition coefficient (Wildman–Crippen LogP) is -0.732. The van der Waals surface area contributed by atoms with Crippen molar-refractivity contribution < 1.29 is 5.11 Å². The maximum absolute atomic E-state index is 10.6. The zero-order valence-electron chi connectivity index (χ0n) is 4.61. The summed E-state index contributed by atoms with van der Waals surface area (Å²) in [5.41, 5.74) is -0.586. The van der Waals surface area contributed by atoms with E-state index in [1.165, 1.54) is 18.3 Å². The van der Waals surface area contributed by atoms with Gasteiger partial charge in [0.25, 0.3) is 0 Å². The highest BCUT2D eigenvalue weighted by atomic mass is 16.3. The summed E-state index contributed by atoms with van der Waals surface area (Å²) in [4.78, 5) is 10.6. The molecule has 1 rings (SSSR count). The standard InChI is InChI=1S/C5H6N2O2/c6-7-3-1-2-4(8)5(7)9/h1-3,8H,6H2. The molecule has 0 saturated carbocycles. The molecule has 0 atom stereocenters. The molecule has 0 aliphatic carbocycles. The predicted molar refractivity (Wildman–Crippen MR) is 32.5 cm³/mol. The summed E-state index contributed by atoms with van der Waals surface area (Å²) in [5, 5.41) is 8.69. The van der Waals surface area contributed by atoms with Crippen molar-refractivity contribution in [2.24, 2.45) is 0 Å². The summed E-state index contributed by atoms with van der Waals surface area (Å²) in [7, 11) is 0. The van der Waals surface area contributed by atoms with Gasteiger partial charge in [0.15, 0.2) is 5.75 Å². The summed E-state index contributed by atoms with van der Waals surface area (Å²) < 4.78 is 0.815. The maximum atomic E-state index is 10.6. The van der Waals surface area contributed by atoms with Crippen molar-refractivity contribution in [2.75, 3.05) is 5.84 Å². The molecule has 0 aliphatic heterocycles. The molecule has 0 fully saturated rings. The molecule has 0 aliphatic rings. The SMILES string of the molecule is Nn1cccc(O)c1=O. The first-order chi connectivity index (χ1) is 4.22. The first-order valence-electron chi connectivity index (χ1n) is 2.37. The molecule has 0 aromatic carbocycles. The third-order valence-electron chi connectivity index (χ3n) is 0.954. The van der Waals surface area contributed by atoms with Gasteiger partial charge in [0.2, 0.25) is 0 Å². The van der Waals surface area contributed by atoms with Crippen LogP contribution in [0.25, 0.3) is 0 Å². The molecule has 0 radical (unpaired) electrons. The fourth-order valence-corrected chi connectivity index (χ4v) is 0.498. The molecular formula is C5H6N2O2. The van der Waals surface area contributed by atoms with E-state index in [1.807, 2.05) is 0 Å². The first kappa shape index (κ1) is 5.68. The number of aromatic hydroxyl groups is 1. The van der Waals surface area contributed by atoms with E-state index in [0.717, 1.165) is 4.68 Å². The van der Waals surface area contributed by atoms with Crippen LogP contribution in [0.1, 0.15) is 0 Å². The van der Waals surface area contributed by atoms with Crippen molar-refractivity contribution in [3.8, 4) is 5.75 Å². The van der Waals surface area contributed by atoms with Crippen LogP contribution in [0.5, 0.6) is 5.75 Å². The molecule has 4 heteroatoms. The minimum Gasteiger partial charge on any atom is -0.503 e. The lowest BCUT2D eigenvalue weighted by Gasteiger charge is -1.94. The van der Waals surface area contributed by atoms with Crippen molar-refractivity contribution in [3.63, 3.8) is 0 Å². The second kappa shape index (κ2) is 1.81. The lowest BCUT2D eigenvalue weighted by molar-refractivity contribution is 0.462. The van der Waals surface area contributed by atoms with Crippen LogP contribution in [-0.2, 0) is 0 Å². The molecule has 1 heterocycles. The van der Waals surface area contributed by atoms with Gasteiger partial charge in [-0.05, 0) is 12.1 Å². The van der Waals surface area contributed by atoms with E-state index >= 15 is 0 Å². The Morgan fingerprint density at radius 3 is 2.78 bits per heavy atom. The Balaban J connectivity index is 3.43. The van der Waals surface area contributed by atoms with Crippen LogP contribution in [0.15, 0.2) is 23.1 Å². The van der Waals surface area contributed by atoms with E-state index in [-0.39, 0.29) is 5.75 Å². The van der Waals surface area contributed by atoms with Crippen LogP contribution in [0.4, 0.5) is 0 Å². The number of aromatic nitrogens is 1. The van der Waals surface area contributed by atoms with Gasteiger partial charge >= 0.3 is 5.56 Å². The Hall–Kier alpha value is -1.45. The van der Waals surface area contributed by atoms with Crippen LogP contribution < -0.4 is 11.4 Å². The third-order valence-corrected chi connectivity index (χ3v) is 0.954. The Bertz CT molecular complexity index is 243. The Labute approximate surface area is 51.1 Å². The van der Waals surface area contributed by atoms with Gasteiger partial charge < -0.3 is 10.9 Å². The lowest BCUT2D eigenvalue weighted by atomic mass is 10.5. The number of rotatable bonds is 0. The summed E-state index contributed by atoms with van der Waals surface area (Å²) in [6.07, 6.45) is 1.36. The molecule has 1 aromatic heterocycles. The Kier molecular flexibility index (Phi) is 1.14. The summed E-state index contributed by atoms with van der Waals surface area (Å²) in [6.45, 7) is 0. The topological polar surface area (TPSA) is 68.2 Å². The molecule has 0 unspecified atom stereocenters. The molecule has 0 saturated heterocycles. The maximum Gasteiger partial charge on any atom is 0.310 e. The molecule has 48 valence electrons. The fraction of sp³-hybridized carbons (Fsp3) is 0. The molecular weight excluding hydrogens is 120 g/mol. The minimum absolute atomic E-state index is 0.333. The van der Waals surface area contributed by atoms with Gasteiger partial charge in [-0.25, -0.2) is 4.68 Å². The van der Waals surface area contributed by atoms with Gasteiger partial charge in [0, 0.05) is 6.20 Å². The van der Waals surface area contributed by atoms with Crippen LogP contribution in [0.3, 0.4) is 0 Å². The second-order valence-corrected chi connectivity index (χ2v) is 1.61. The summed E-state index contributed by atoms with van der Waals surface area (Å²) >= 11 is 0. The van der Waals surface area contributed by atoms with Crippen LogP contribution in [-0.4, -0.2) is 9.78 Å². The number of pyridine rings is 1. The van der Waals surface area contributed by atoms with Gasteiger partial charge in [0.05, 0.1) is 0 Å². The number of nitrogens with zero attached hydrogens (tertiary/aromatic N) is 1. The normalized spacial score (nSPS) is 9.33. The third kappa shape index (κ3) is 0.861. The van der Waals surface area contributed by atoms with E-state index in [9.17, 15) is 4.79 Å². The van der Waals surface area contributed by atoms with Crippen molar-refractivity contribution >= 4 is 0 Å². The van der Waals surface area contributed by atoms with Crippen molar-refractivity contribution in [2.45, 2.75) is 0 Å². The van der Waals surface area contributed by atoms with E-state index in [4.69, 9.17) is 10.9 Å². The highest BCUT2D eigenvalue weighted by molar-refractivity contribution is 5.14. The quantitative estimate of drug-likeness (QED) is 0.450. The van der Waals surface area contributed by atoms with Gasteiger partial charge in [-0.1, -0.05) is 0 Å². The smallest absolute Gasteiger partial charge is 0.310 e. The van der Waals surface area contributed by atoms with E-state index in [2.05, 4.69) is 0 Å². The van der Waals surface area contributed by atoms with E-state index < -0.39 is 5.56 Å². The van der Waals surface area contributed by atoms with E-state index in [0.29, 0.717) is 0 Å². The Morgan fingerprint density at radius 2 is 2.33 bits per heavy atom. The zero-order valence-corrected chi connectivity index (χ0v) is 4.61. The highest BCUT2D eigenvalue weighted by Gasteiger charge is 1.93. The molecule has 0 spiro atoms. The average molecular weight is 126 g/mol. The molecule has 0 amide bonds. The summed E-state index contributed by atoms with van der Waals surface area (Å²) in [5.74, 6) is 4.73. The van der Waals surface area contributed by atoms with Crippen molar-refractivity contribution in [1.29, 1.82) is 0 Å². The molecule has 3 N–H and O–H groups in total. The highest BCUT2D eigenvalue weighted by Crippen LogP contribution is 1.93. The van der Waals surface area contributed by atoms with Crippen molar-refractivity contribution in [3.05, 3.63) is 28.7 Å². The molecule has 9 heavy (non-hydrogen) atoms. The lowest BCUT2D eigenvalue weighted by Crippen LogP contribution is -2.25. The Morgan fingerprint density at radius 1 is 1.67 bits per heavy atom. The van der Waals surface area contributed by atoms with Crippen molar-refractivity contribution in [1.82, 2.24) is 4.68 Å². The zero-order chi connectivity index (χ0) is 6.85. The average Bonchev–Trinajstić information content (AvgIpc) is 1.83. The van der Waals surface area contributed by atoms with Gasteiger partial charge in [0.1, 0.15) is 0 Å². The van der Waals surface area contributed by atoms with Crippen LogP contribution in [0, 0.1) is 0 Å². The summed E-state index contributed by atoms with van der Waals surface area (Å²) in [6, 6.07) is 2.77. The first-order valence-corrected chi connectivity index (χ1v) is 2.37. The second-order valence-electron chi connectivity index (χ2n) is 1.61. The number of hydrogen-bond donors (Lipinski definition) is 2. The molecule has 1 aromatic rings. The minimum atomic E-state index is -0.586. The van der Waals surface area contributed by atoms with Gasteiger partial charge in [-0.3, -0.25) is 4.79 Å². The fourth-order valence-electron chi connectivity index (χ4n) is 0.498. The number of nitrogen functional groups attached to an aromatic ring is 1. The largest absolute Gasteiger partial charge is 0.503 e. The van der Waals surface area contributed by atoms with Gasteiger partial charge in [-0.2, -0.15) is 0 Å². The van der Waals surface area contributed by atoms with Gasteiger partial charge in [-0.15, -0.1) is 0 Å². The molecule has 0 bridgehead atoms. The molecule has 4 nitrogen and oxygen atoms in total. The number of nitrogens with two attached hydrogens (primary N) is 1. The number of hydrogen-bond acceptors (Lipinski definition) is 3. The van der Waals surface area contributed by atoms with Crippen LogP contribution in [0.2, 0.25) is 0 Å². The van der Waals surface area contributed by atoms with E-state index in [1.54, 1.807) is 0 Å². The van der Waals surface area contributed by atoms with Crippen LogP contribution >= 0.6 is 0 Å².